The Morgan fingerprint density at radius 1 is 1.14 bits per heavy atom. The quantitative estimate of drug-likeness (QED) is 0.878. The van der Waals surface area contributed by atoms with E-state index in [0.29, 0.717) is 18.5 Å². The first-order valence-electron chi connectivity index (χ1n) is 6.83. The van der Waals surface area contributed by atoms with Crippen LogP contribution in [0.2, 0.25) is 0 Å². The molecule has 22 heavy (non-hydrogen) atoms. The standard InChI is InChI=1S/C16H18N2O3S/c1-12-9-14(11-15(10-12)22(17,20)21)16(19)18-8-7-13-5-3-2-4-6-13/h2-6,9-11H,7-8H2,1H3,(H,18,19)(H2,17,20,21). The molecular formula is C16H18N2O3S. The van der Waals surface area contributed by atoms with Crippen molar-refractivity contribution in [2.24, 2.45) is 5.14 Å². The normalized spacial score (nSPS) is 11.2. The van der Waals surface area contributed by atoms with Crippen molar-refractivity contribution in [2.45, 2.75) is 18.2 Å². The van der Waals surface area contributed by atoms with Gasteiger partial charge in [0.05, 0.1) is 4.90 Å². The van der Waals surface area contributed by atoms with Gasteiger partial charge in [-0.2, -0.15) is 0 Å². The molecule has 0 aliphatic carbocycles. The lowest BCUT2D eigenvalue weighted by Gasteiger charge is -2.08. The minimum Gasteiger partial charge on any atom is -0.352 e. The zero-order chi connectivity index (χ0) is 16.2. The largest absolute Gasteiger partial charge is 0.352 e. The molecule has 2 aromatic carbocycles. The summed E-state index contributed by atoms with van der Waals surface area (Å²) in [6.45, 7) is 2.19. The zero-order valence-electron chi connectivity index (χ0n) is 12.2. The molecule has 0 unspecified atom stereocenters. The van der Waals surface area contributed by atoms with Gasteiger partial charge in [-0.25, -0.2) is 13.6 Å². The van der Waals surface area contributed by atoms with E-state index in [-0.39, 0.29) is 16.4 Å². The van der Waals surface area contributed by atoms with Gasteiger partial charge in [0.2, 0.25) is 10.0 Å². The lowest BCUT2D eigenvalue weighted by atomic mass is 10.1. The number of hydrogen-bond acceptors (Lipinski definition) is 3. The molecule has 5 nitrogen and oxygen atoms in total. The van der Waals surface area contributed by atoms with Crippen LogP contribution in [0.3, 0.4) is 0 Å². The highest BCUT2D eigenvalue weighted by Crippen LogP contribution is 2.13. The zero-order valence-corrected chi connectivity index (χ0v) is 13.1. The van der Waals surface area contributed by atoms with Gasteiger partial charge in [0.1, 0.15) is 0 Å². The molecule has 2 aromatic rings. The summed E-state index contributed by atoms with van der Waals surface area (Å²) in [6, 6.07) is 14.1. The van der Waals surface area contributed by atoms with E-state index in [9.17, 15) is 13.2 Å². The van der Waals surface area contributed by atoms with Crippen LogP contribution < -0.4 is 10.5 Å². The van der Waals surface area contributed by atoms with Gasteiger partial charge in [-0.3, -0.25) is 4.79 Å². The number of hydrogen-bond donors (Lipinski definition) is 2. The molecule has 0 saturated heterocycles. The minimum absolute atomic E-state index is 0.0549. The van der Waals surface area contributed by atoms with Gasteiger partial charge in [-0.05, 0) is 42.7 Å². The molecule has 0 fully saturated rings. The van der Waals surface area contributed by atoms with Crippen LogP contribution in [-0.4, -0.2) is 20.9 Å². The van der Waals surface area contributed by atoms with E-state index in [1.807, 2.05) is 30.3 Å². The van der Waals surface area contributed by atoms with Crippen molar-refractivity contribution < 1.29 is 13.2 Å². The SMILES string of the molecule is Cc1cc(C(=O)NCCc2ccccc2)cc(S(N)(=O)=O)c1. The fraction of sp³-hybridized carbons (Fsp3) is 0.188. The first kappa shape index (κ1) is 16.2. The molecule has 3 N–H and O–H groups in total. The molecule has 0 aliphatic rings. The Labute approximate surface area is 130 Å². The van der Waals surface area contributed by atoms with Crippen molar-refractivity contribution in [1.82, 2.24) is 5.32 Å². The second kappa shape index (κ2) is 6.72. The van der Waals surface area contributed by atoms with Crippen LogP contribution in [0.5, 0.6) is 0 Å². The minimum atomic E-state index is -3.82. The molecule has 0 spiro atoms. The lowest BCUT2D eigenvalue weighted by Crippen LogP contribution is -2.26. The average molecular weight is 318 g/mol. The first-order valence-corrected chi connectivity index (χ1v) is 8.37. The average Bonchev–Trinajstić information content (AvgIpc) is 2.46. The Bertz CT molecular complexity index is 771. The molecule has 0 heterocycles. The van der Waals surface area contributed by atoms with E-state index in [2.05, 4.69) is 5.32 Å². The fourth-order valence-corrected chi connectivity index (χ4v) is 2.75. The molecular weight excluding hydrogens is 300 g/mol. The van der Waals surface area contributed by atoms with Crippen molar-refractivity contribution in [3.8, 4) is 0 Å². The summed E-state index contributed by atoms with van der Waals surface area (Å²) < 4.78 is 22.8. The van der Waals surface area contributed by atoms with E-state index < -0.39 is 10.0 Å². The predicted octanol–water partition coefficient (Wildman–Crippen LogP) is 1.61. The number of amides is 1. The molecule has 116 valence electrons. The van der Waals surface area contributed by atoms with E-state index >= 15 is 0 Å². The van der Waals surface area contributed by atoms with Gasteiger partial charge in [-0.15, -0.1) is 0 Å². The smallest absolute Gasteiger partial charge is 0.251 e. The van der Waals surface area contributed by atoms with Crippen molar-refractivity contribution in [3.05, 3.63) is 65.2 Å². The number of carbonyl (C=O) groups is 1. The summed E-state index contributed by atoms with van der Waals surface area (Å²) in [5, 5.41) is 7.89. The molecule has 1 amide bonds. The van der Waals surface area contributed by atoms with Gasteiger partial charge >= 0.3 is 0 Å². The summed E-state index contributed by atoms with van der Waals surface area (Å²) in [5.74, 6) is -0.315. The van der Waals surface area contributed by atoms with Crippen LogP contribution >= 0.6 is 0 Å². The van der Waals surface area contributed by atoms with E-state index in [1.165, 1.54) is 12.1 Å². The maximum Gasteiger partial charge on any atom is 0.251 e. The van der Waals surface area contributed by atoms with Crippen molar-refractivity contribution in [3.63, 3.8) is 0 Å². The van der Waals surface area contributed by atoms with Crippen LogP contribution in [-0.2, 0) is 16.4 Å². The Balaban J connectivity index is 2.05. The maximum absolute atomic E-state index is 12.1. The number of carbonyl (C=O) groups excluding carboxylic acids is 1. The molecule has 0 radical (unpaired) electrons. The number of primary sulfonamides is 1. The summed E-state index contributed by atoms with van der Waals surface area (Å²) in [4.78, 5) is 12.1. The Morgan fingerprint density at radius 3 is 2.45 bits per heavy atom. The van der Waals surface area contributed by atoms with Gasteiger partial charge in [-0.1, -0.05) is 30.3 Å². The first-order chi connectivity index (χ1) is 10.4. The highest BCUT2D eigenvalue weighted by molar-refractivity contribution is 7.89. The molecule has 0 aliphatic heterocycles. The third-order valence-corrected chi connectivity index (χ3v) is 4.08. The van der Waals surface area contributed by atoms with E-state index in [1.54, 1.807) is 13.0 Å². The predicted molar refractivity (Wildman–Crippen MR) is 85.0 cm³/mol. The van der Waals surface area contributed by atoms with Crippen molar-refractivity contribution in [1.29, 1.82) is 0 Å². The third kappa shape index (κ3) is 4.41. The van der Waals surface area contributed by atoms with Crippen LogP contribution in [0, 0.1) is 6.92 Å². The monoisotopic (exact) mass is 318 g/mol. The van der Waals surface area contributed by atoms with Gasteiger partial charge < -0.3 is 5.32 Å². The molecule has 2 rings (SSSR count). The highest BCUT2D eigenvalue weighted by Gasteiger charge is 2.13. The maximum atomic E-state index is 12.1. The molecule has 0 saturated carbocycles. The molecule has 0 aromatic heterocycles. The lowest BCUT2D eigenvalue weighted by molar-refractivity contribution is 0.0954. The highest BCUT2D eigenvalue weighted by atomic mass is 32.2. The third-order valence-electron chi connectivity index (χ3n) is 3.18. The summed E-state index contributed by atoms with van der Waals surface area (Å²) in [5.41, 5.74) is 2.08. The fourth-order valence-electron chi connectivity index (χ4n) is 2.11. The van der Waals surface area contributed by atoms with Crippen LogP contribution in [0.15, 0.2) is 53.4 Å². The Kier molecular flexibility index (Phi) is 4.95. The molecule has 0 bridgehead atoms. The number of rotatable bonds is 5. The number of nitrogens with one attached hydrogen (secondary N) is 1. The van der Waals surface area contributed by atoms with Crippen LogP contribution in [0.25, 0.3) is 0 Å². The van der Waals surface area contributed by atoms with Gasteiger partial charge in [0.15, 0.2) is 0 Å². The number of aryl methyl sites for hydroxylation is 1. The van der Waals surface area contributed by atoms with E-state index in [0.717, 1.165) is 5.56 Å². The van der Waals surface area contributed by atoms with Gasteiger partial charge in [0.25, 0.3) is 5.91 Å². The second-order valence-electron chi connectivity index (χ2n) is 5.07. The van der Waals surface area contributed by atoms with Crippen molar-refractivity contribution >= 4 is 15.9 Å². The summed E-state index contributed by atoms with van der Waals surface area (Å²) >= 11 is 0. The number of sulfonamides is 1. The number of benzene rings is 2. The molecule has 0 atom stereocenters. The van der Waals surface area contributed by atoms with E-state index in [4.69, 9.17) is 5.14 Å². The van der Waals surface area contributed by atoms with Crippen molar-refractivity contribution in [2.75, 3.05) is 6.54 Å². The Morgan fingerprint density at radius 2 is 1.82 bits per heavy atom. The summed E-state index contributed by atoms with van der Waals surface area (Å²) in [7, 11) is -3.82. The number of nitrogens with two attached hydrogens (primary N) is 1. The topological polar surface area (TPSA) is 89.3 Å². The van der Waals surface area contributed by atoms with Gasteiger partial charge in [0, 0.05) is 12.1 Å². The van der Waals surface area contributed by atoms with Crippen LogP contribution in [0.1, 0.15) is 21.5 Å². The molecule has 6 heteroatoms. The van der Waals surface area contributed by atoms with Crippen LogP contribution in [0.4, 0.5) is 0 Å². The Hall–Kier alpha value is -2.18. The second-order valence-corrected chi connectivity index (χ2v) is 6.63. The summed E-state index contributed by atoms with van der Waals surface area (Å²) in [6.07, 6.45) is 0.709.